The zero-order valence-corrected chi connectivity index (χ0v) is 15.7. The van der Waals surface area contributed by atoms with Gasteiger partial charge in [-0.25, -0.2) is 4.79 Å². The highest BCUT2D eigenvalue weighted by Gasteiger charge is 2.70. The molecule has 0 spiro atoms. The van der Waals surface area contributed by atoms with E-state index in [1.165, 1.54) is 0 Å². The maximum atomic E-state index is 12.7. The van der Waals surface area contributed by atoms with Gasteiger partial charge in [-0.1, -0.05) is 25.2 Å². The summed E-state index contributed by atoms with van der Waals surface area (Å²) in [5, 5.41) is 11.8. The zero-order valence-electron chi connectivity index (χ0n) is 15.7. The standard InChI is InChI=1S/C20H26O6/c1-9-7-6-8-10(2)20(23)14(9)15-13(11(3)17(21)24-15)16(20)25-18(22)19(5)12(4)26-19/h8,11-16,23H,1,6-7H2,2-5H3/t11-,12-,13+,14+,15-,16-,19-,20+/m1/s1. The van der Waals surface area contributed by atoms with Gasteiger partial charge in [0.25, 0.3) is 0 Å². The summed E-state index contributed by atoms with van der Waals surface area (Å²) in [5.41, 5.74) is -0.831. The smallest absolute Gasteiger partial charge is 0.341 e. The minimum absolute atomic E-state index is 0.225. The van der Waals surface area contributed by atoms with Crippen molar-refractivity contribution in [2.24, 2.45) is 17.8 Å². The van der Waals surface area contributed by atoms with Crippen LogP contribution in [0.5, 0.6) is 0 Å². The Morgan fingerprint density at radius 3 is 2.69 bits per heavy atom. The van der Waals surface area contributed by atoms with E-state index in [9.17, 15) is 14.7 Å². The zero-order chi connectivity index (χ0) is 19.0. The van der Waals surface area contributed by atoms with Crippen LogP contribution in [-0.2, 0) is 23.8 Å². The number of ether oxygens (including phenoxy) is 3. The molecule has 8 atom stereocenters. The van der Waals surface area contributed by atoms with E-state index in [1.807, 2.05) is 13.0 Å². The molecule has 1 N–H and O–H groups in total. The first-order chi connectivity index (χ1) is 12.1. The molecule has 2 aliphatic heterocycles. The minimum atomic E-state index is -1.41. The lowest BCUT2D eigenvalue weighted by atomic mass is 9.79. The number of hydrogen-bond acceptors (Lipinski definition) is 6. The van der Waals surface area contributed by atoms with E-state index in [0.717, 1.165) is 17.6 Å². The Hall–Kier alpha value is -1.66. The first-order valence-corrected chi connectivity index (χ1v) is 9.29. The molecule has 0 amide bonds. The van der Waals surface area contributed by atoms with Gasteiger partial charge in [-0.3, -0.25) is 4.79 Å². The molecule has 4 aliphatic rings. The van der Waals surface area contributed by atoms with Crippen molar-refractivity contribution in [2.75, 3.05) is 0 Å². The van der Waals surface area contributed by atoms with Gasteiger partial charge in [0.2, 0.25) is 0 Å². The number of epoxide rings is 1. The number of carbonyl (C=O) groups is 2. The summed E-state index contributed by atoms with van der Waals surface area (Å²) in [6.45, 7) is 11.2. The van der Waals surface area contributed by atoms with Crippen molar-refractivity contribution in [3.8, 4) is 0 Å². The predicted octanol–water partition coefficient (Wildman–Crippen LogP) is 1.91. The van der Waals surface area contributed by atoms with Crippen LogP contribution in [0.1, 0.15) is 40.5 Å². The van der Waals surface area contributed by atoms with E-state index in [-0.39, 0.29) is 12.1 Å². The van der Waals surface area contributed by atoms with E-state index < -0.39 is 47.1 Å². The van der Waals surface area contributed by atoms with Gasteiger partial charge in [-0.05, 0) is 39.2 Å². The molecule has 0 aromatic carbocycles. The second-order valence-corrected chi connectivity index (χ2v) is 8.35. The Kier molecular flexibility index (Phi) is 3.70. The molecule has 4 rings (SSSR count). The number of allylic oxidation sites excluding steroid dienone is 1. The molecule has 2 aliphatic carbocycles. The summed E-state index contributed by atoms with van der Waals surface area (Å²) < 4.78 is 16.9. The number of aliphatic hydroxyl groups is 1. The molecule has 0 bridgehead atoms. The van der Waals surface area contributed by atoms with Crippen LogP contribution in [-0.4, -0.2) is 46.6 Å². The fraction of sp³-hybridized carbons (Fsp3) is 0.700. The first kappa shape index (κ1) is 17.7. The quantitative estimate of drug-likeness (QED) is 0.459. The van der Waals surface area contributed by atoms with Gasteiger partial charge in [0.15, 0.2) is 5.60 Å². The monoisotopic (exact) mass is 362 g/mol. The highest BCUT2D eigenvalue weighted by Crippen LogP contribution is 2.57. The molecule has 6 nitrogen and oxygen atoms in total. The maximum Gasteiger partial charge on any atom is 0.341 e. The molecule has 0 aromatic rings. The summed E-state index contributed by atoms with van der Waals surface area (Å²) in [7, 11) is 0. The highest BCUT2D eigenvalue weighted by molar-refractivity contribution is 5.83. The van der Waals surface area contributed by atoms with Crippen molar-refractivity contribution >= 4 is 11.9 Å². The Bertz CT molecular complexity index is 726. The van der Waals surface area contributed by atoms with Crippen molar-refractivity contribution in [3.63, 3.8) is 0 Å². The van der Waals surface area contributed by atoms with Crippen LogP contribution < -0.4 is 0 Å². The largest absolute Gasteiger partial charge is 0.461 e. The summed E-state index contributed by atoms with van der Waals surface area (Å²) in [6, 6.07) is 0. The Labute approximate surface area is 153 Å². The molecular weight excluding hydrogens is 336 g/mol. The van der Waals surface area contributed by atoms with Crippen molar-refractivity contribution in [1.29, 1.82) is 0 Å². The lowest BCUT2D eigenvalue weighted by Crippen LogP contribution is -2.51. The van der Waals surface area contributed by atoms with Crippen LogP contribution in [0.15, 0.2) is 23.8 Å². The Morgan fingerprint density at radius 1 is 1.42 bits per heavy atom. The SMILES string of the molecule is C=C1CCC=C(C)[C@@]2(O)[C@H](OC(=O)[C@]3(C)O[C@@H]3C)[C@@H]3[C@@H](OC(=O)[C@@H]3C)[C@H]12. The first-order valence-electron chi connectivity index (χ1n) is 9.29. The van der Waals surface area contributed by atoms with Gasteiger partial charge in [-0.2, -0.15) is 0 Å². The van der Waals surface area contributed by atoms with Crippen LogP contribution in [0.2, 0.25) is 0 Å². The number of carbonyl (C=O) groups excluding carboxylic acids is 2. The van der Waals surface area contributed by atoms with Gasteiger partial charge in [0, 0.05) is 0 Å². The highest BCUT2D eigenvalue weighted by atomic mass is 16.7. The number of esters is 2. The fourth-order valence-corrected chi connectivity index (χ4v) is 4.96. The Morgan fingerprint density at radius 2 is 2.08 bits per heavy atom. The second-order valence-electron chi connectivity index (χ2n) is 8.35. The molecule has 0 unspecified atom stereocenters. The number of rotatable bonds is 2. The maximum absolute atomic E-state index is 12.7. The normalized spacial score (nSPS) is 49.7. The van der Waals surface area contributed by atoms with E-state index >= 15 is 0 Å². The number of hydrogen-bond donors (Lipinski definition) is 1. The molecule has 1 saturated carbocycles. The van der Waals surface area contributed by atoms with Gasteiger partial charge in [-0.15, -0.1) is 0 Å². The van der Waals surface area contributed by atoms with Gasteiger partial charge in [0.1, 0.15) is 17.8 Å². The third-order valence-corrected chi connectivity index (χ3v) is 6.93. The van der Waals surface area contributed by atoms with Crippen LogP contribution >= 0.6 is 0 Å². The topological polar surface area (TPSA) is 85.4 Å². The predicted molar refractivity (Wildman–Crippen MR) is 91.9 cm³/mol. The van der Waals surface area contributed by atoms with Gasteiger partial charge in [0.05, 0.1) is 23.9 Å². The fourth-order valence-electron chi connectivity index (χ4n) is 4.96. The minimum Gasteiger partial charge on any atom is -0.461 e. The van der Waals surface area contributed by atoms with E-state index in [1.54, 1.807) is 20.8 Å². The van der Waals surface area contributed by atoms with Gasteiger partial charge < -0.3 is 19.3 Å². The third-order valence-electron chi connectivity index (χ3n) is 6.93. The average molecular weight is 362 g/mol. The molecule has 3 fully saturated rings. The third kappa shape index (κ3) is 2.12. The summed E-state index contributed by atoms with van der Waals surface area (Å²) in [6.07, 6.45) is 1.81. The van der Waals surface area contributed by atoms with Gasteiger partial charge >= 0.3 is 11.9 Å². The molecule has 2 saturated heterocycles. The lowest BCUT2D eigenvalue weighted by molar-refractivity contribution is -0.171. The van der Waals surface area contributed by atoms with Crippen molar-refractivity contribution in [3.05, 3.63) is 23.8 Å². The summed E-state index contributed by atoms with van der Waals surface area (Å²) in [4.78, 5) is 25.0. The molecule has 0 radical (unpaired) electrons. The van der Waals surface area contributed by atoms with E-state index in [0.29, 0.717) is 6.42 Å². The van der Waals surface area contributed by atoms with Crippen LogP contribution in [0.25, 0.3) is 0 Å². The summed E-state index contributed by atoms with van der Waals surface area (Å²) in [5.74, 6) is -2.15. The molecular formula is C20H26O6. The molecule has 0 aromatic heterocycles. The average Bonchev–Trinajstić information content (AvgIpc) is 3.03. The van der Waals surface area contributed by atoms with Crippen molar-refractivity contribution < 1.29 is 28.9 Å². The van der Waals surface area contributed by atoms with Crippen LogP contribution in [0.4, 0.5) is 0 Å². The number of fused-ring (bicyclic) bond motifs is 3. The molecule has 2 heterocycles. The van der Waals surface area contributed by atoms with Crippen molar-refractivity contribution in [1.82, 2.24) is 0 Å². The second kappa shape index (κ2) is 5.42. The molecule has 142 valence electrons. The van der Waals surface area contributed by atoms with E-state index in [2.05, 4.69) is 6.58 Å². The summed E-state index contributed by atoms with van der Waals surface area (Å²) >= 11 is 0. The van der Waals surface area contributed by atoms with Crippen molar-refractivity contribution in [2.45, 2.75) is 70.1 Å². The molecule has 6 heteroatoms. The molecule has 26 heavy (non-hydrogen) atoms. The van der Waals surface area contributed by atoms with Crippen LogP contribution in [0, 0.1) is 17.8 Å². The Balaban J connectivity index is 1.77. The van der Waals surface area contributed by atoms with E-state index in [4.69, 9.17) is 14.2 Å². The lowest BCUT2D eigenvalue weighted by Gasteiger charge is -2.37. The van der Waals surface area contributed by atoms with Crippen LogP contribution in [0.3, 0.4) is 0 Å².